The van der Waals surface area contributed by atoms with Crippen molar-refractivity contribution in [3.63, 3.8) is 0 Å². The van der Waals surface area contributed by atoms with Gasteiger partial charge in [0, 0.05) is 12.0 Å². The van der Waals surface area contributed by atoms with Gasteiger partial charge in [-0.05, 0) is 31.0 Å². The van der Waals surface area contributed by atoms with Crippen molar-refractivity contribution >= 4 is 17.4 Å². The number of benzene rings is 1. The molecule has 0 N–H and O–H groups in total. The maximum absolute atomic E-state index is 13.1. The summed E-state index contributed by atoms with van der Waals surface area (Å²) in [4.78, 5) is 16.1. The zero-order valence-electron chi connectivity index (χ0n) is 10.6. The molecule has 0 bridgehead atoms. The van der Waals surface area contributed by atoms with Crippen molar-refractivity contribution in [1.29, 1.82) is 0 Å². The van der Waals surface area contributed by atoms with E-state index in [4.69, 9.17) is 16.1 Å². The number of halogens is 2. The first-order valence-electron chi connectivity index (χ1n) is 6.47. The SMILES string of the molecule is O=C1CCCCC1c1nc(-c2ccc(F)c(Cl)c2)no1. The molecule has 1 saturated carbocycles. The first-order valence-corrected chi connectivity index (χ1v) is 6.84. The second kappa shape index (κ2) is 5.32. The van der Waals surface area contributed by atoms with Gasteiger partial charge in [0.2, 0.25) is 11.7 Å². The monoisotopic (exact) mass is 294 g/mol. The first kappa shape index (κ1) is 13.2. The van der Waals surface area contributed by atoms with Gasteiger partial charge in [-0.2, -0.15) is 4.98 Å². The van der Waals surface area contributed by atoms with Gasteiger partial charge in [0.25, 0.3) is 0 Å². The minimum absolute atomic E-state index is 0.00240. The molecule has 1 aliphatic rings. The van der Waals surface area contributed by atoms with Crippen LogP contribution in [-0.4, -0.2) is 15.9 Å². The summed E-state index contributed by atoms with van der Waals surface area (Å²) in [5.41, 5.74) is 0.564. The lowest BCUT2D eigenvalue weighted by molar-refractivity contribution is -0.122. The molecule has 20 heavy (non-hydrogen) atoms. The largest absolute Gasteiger partial charge is 0.338 e. The third-order valence-electron chi connectivity index (χ3n) is 3.47. The zero-order valence-corrected chi connectivity index (χ0v) is 11.4. The highest BCUT2D eigenvalue weighted by Crippen LogP contribution is 2.30. The molecule has 4 nitrogen and oxygen atoms in total. The molecule has 104 valence electrons. The van der Waals surface area contributed by atoms with E-state index >= 15 is 0 Å². The molecule has 0 saturated heterocycles. The molecule has 2 aromatic rings. The number of rotatable bonds is 2. The van der Waals surface area contributed by atoms with E-state index in [1.807, 2.05) is 0 Å². The average Bonchev–Trinajstić information content (AvgIpc) is 2.92. The molecule has 0 aliphatic heterocycles. The van der Waals surface area contributed by atoms with Gasteiger partial charge in [0.15, 0.2) is 0 Å². The fourth-order valence-corrected chi connectivity index (χ4v) is 2.55. The van der Waals surface area contributed by atoms with Gasteiger partial charge in [0.05, 0.1) is 10.9 Å². The second-order valence-corrected chi connectivity index (χ2v) is 5.26. The first-order chi connectivity index (χ1) is 9.65. The molecule has 0 spiro atoms. The molecule has 3 rings (SSSR count). The third kappa shape index (κ3) is 2.45. The van der Waals surface area contributed by atoms with Crippen LogP contribution in [0.4, 0.5) is 4.39 Å². The van der Waals surface area contributed by atoms with E-state index < -0.39 is 5.82 Å². The van der Waals surface area contributed by atoms with Crippen LogP contribution in [0.5, 0.6) is 0 Å². The van der Waals surface area contributed by atoms with Crippen LogP contribution in [0, 0.1) is 5.82 Å². The minimum Gasteiger partial charge on any atom is -0.338 e. The Hall–Kier alpha value is -1.75. The van der Waals surface area contributed by atoms with Gasteiger partial charge in [-0.3, -0.25) is 4.79 Å². The highest BCUT2D eigenvalue weighted by molar-refractivity contribution is 6.31. The molecule has 0 radical (unpaired) electrons. The van der Waals surface area contributed by atoms with Crippen LogP contribution < -0.4 is 0 Å². The highest BCUT2D eigenvalue weighted by atomic mass is 35.5. The van der Waals surface area contributed by atoms with Gasteiger partial charge >= 0.3 is 0 Å². The predicted molar refractivity (Wildman–Crippen MR) is 70.9 cm³/mol. The van der Waals surface area contributed by atoms with Crippen molar-refractivity contribution in [2.75, 3.05) is 0 Å². The number of Topliss-reactive ketones (excluding diaryl/α,β-unsaturated/α-hetero) is 1. The normalized spacial score (nSPS) is 19.3. The van der Waals surface area contributed by atoms with Crippen LogP contribution in [0.15, 0.2) is 22.7 Å². The van der Waals surface area contributed by atoms with E-state index in [1.54, 1.807) is 0 Å². The summed E-state index contributed by atoms with van der Waals surface area (Å²) >= 11 is 5.73. The Morgan fingerprint density at radius 2 is 2.20 bits per heavy atom. The molecule has 1 unspecified atom stereocenters. The van der Waals surface area contributed by atoms with E-state index in [0.717, 1.165) is 19.3 Å². The number of carbonyl (C=O) groups is 1. The second-order valence-electron chi connectivity index (χ2n) is 4.85. The molecule has 1 aromatic heterocycles. The number of nitrogens with zero attached hydrogens (tertiary/aromatic N) is 2. The van der Waals surface area contributed by atoms with Crippen LogP contribution >= 0.6 is 11.6 Å². The number of ketones is 1. The zero-order chi connectivity index (χ0) is 14.1. The number of carbonyl (C=O) groups excluding carboxylic acids is 1. The lowest BCUT2D eigenvalue weighted by atomic mass is 9.88. The van der Waals surface area contributed by atoms with Crippen LogP contribution in [0.2, 0.25) is 5.02 Å². The van der Waals surface area contributed by atoms with Crippen molar-refractivity contribution in [2.45, 2.75) is 31.6 Å². The van der Waals surface area contributed by atoms with Crippen LogP contribution in [0.1, 0.15) is 37.5 Å². The van der Waals surface area contributed by atoms with Crippen LogP contribution in [-0.2, 0) is 4.79 Å². The molecular weight excluding hydrogens is 283 g/mol. The van der Waals surface area contributed by atoms with E-state index in [2.05, 4.69) is 10.1 Å². The van der Waals surface area contributed by atoms with Gasteiger partial charge < -0.3 is 4.52 Å². The molecule has 1 aliphatic carbocycles. The average molecular weight is 295 g/mol. The summed E-state index contributed by atoms with van der Waals surface area (Å²) < 4.78 is 18.3. The molecular formula is C14H12ClFN2O2. The maximum Gasteiger partial charge on any atom is 0.237 e. The standard InChI is InChI=1S/C14H12ClFN2O2/c15-10-7-8(5-6-11(10)16)13-17-14(20-18-13)9-3-1-2-4-12(9)19/h5-7,9H,1-4H2. The summed E-state index contributed by atoms with van der Waals surface area (Å²) in [5, 5.41) is 3.85. The smallest absolute Gasteiger partial charge is 0.237 e. The van der Waals surface area contributed by atoms with E-state index in [-0.39, 0.29) is 16.7 Å². The Labute approximate surface area is 119 Å². The lowest BCUT2D eigenvalue weighted by Gasteiger charge is -2.16. The summed E-state index contributed by atoms with van der Waals surface area (Å²) in [6, 6.07) is 4.21. The Bertz CT molecular complexity index is 656. The van der Waals surface area contributed by atoms with E-state index in [9.17, 15) is 9.18 Å². The van der Waals surface area contributed by atoms with Crippen molar-refractivity contribution in [3.8, 4) is 11.4 Å². The van der Waals surface area contributed by atoms with Gasteiger partial charge in [-0.25, -0.2) is 4.39 Å². The Morgan fingerprint density at radius 1 is 1.35 bits per heavy atom. The Balaban J connectivity index is 1.89. The van der Waals surface area contributed by atoms with Gasteiger partial charge in [-0.15, -0.1) is 0 Å². The summed E-state index contributed by atoms with van der Waals surface area (Å²) in [7, 11) is 0. The molecule has 0 amide bonds. The van der Waals surface area contributed by atoms with E-state index in [1.165, 1.54) is 18.2 Å². The third-order valence-corrected chi connectivity index (χ3v) is 3.76. The number of hydrogen-bond donors (Lipinski definition) is 0. The quantitative estimate of drug-likeness (QED) is 0.846. The van der Waals surface area contributed by atoms with Gasteiger partial charge in [-0.1, -0.05) is 23.2 Å². The number of hydrogen-bond acceptors (Lipinski definition) is 4. The predicted octanol–water partition coefficient (Wildman–Crippen LogP) is 3.76. The lowest BCUT2D eigenvalue weighted by Crippen LogP contribution is -2.17. The summed E-state index contributed by atoms with van der Waals surface area (Å²) in [6.07, 6.45) is 3.20. The Morgan fingerprint density at radius 3 is 2.95 bits per heavy atom. The van der Waals surface area contributed by atoms with Crippen LogP contribution in [0.25, 0.3) is 11.4 Å². The molecule has 1 fully saturated rings. The van der Waals surface area contributed by atoms with E-state index in [0.29, 0.717) is 23.7 Å². The molecule has 1 heterocycles. The van der Waals surface area contributed by atoms with Crippen molar-refractivity contribution in [3.05, 3.63) is 34.9 Å². The molecule has 1 atom stereocenters. The topological polar surface area (TPSA) is 56.0 Å². The van der Waals surface area contributed by atoms with Gasteiger partial charge in [0.1, 0.15) is 11.6 Å². The van der Waals surface area contributed by atoms with Crippen LogP contribution in [0.3, 0.4) is 0 Å². The summed E-state index contributed by atoms with van der Waals surface area (Å²) in [6.45, 7) is 0. The van der Waals surface area contributed by atoms with Crippen molar-refractivity contribution in [1.82, 2.24) is 10.1 Å². The molecule has 1 aromatic carbocycles. The number of aromatic nitrogens is 2. The Kier molecular flexibility index (Phi) is 3.53. The fourth-order valence-electron chi connectivity index (χ4n) is 2.37. The fraction of sp³-hybridized carbons (Fsp3) is 0.357. The van der Waals surface area contributed by atoms with Crippen molar-refractivity contribution < 1.29 is 13.7 Å². The maximum atomic E-state index is 13.1. The summed E-state index contributed by atoms with van der Waals surface area (Å²) in [5.74, 6) is -0.00322. The molecule has 6 heteroatoms. The van der Waals surface area contributed by atoms with Crippen molar-refractivity contribution in [2.24, 2.45) is 0 Å². The highest BCUT2D eigenvalue weighted by Gasteiger charge is 2.29. The minimum atomic E-state index is -0.499.